The molecule has 2 heterocycles. The van der Waals surface area contributed by atoms with Crippen molar-refractivity contribution >= 4 is 55.0 Å². The Labute approximate surface area is 198 Å². The molecule has 1 atom stereocenters. The summed E-state index contributed by atoms with van der Waals surface area (Å²) >= 11 is 0. The van der Waals surface area contributed by atoms with Crippen LogP contribution in [0.2, 0.25) is 0 Å². The largest absolute Gasteiger partial charge is 0.384 e. The van der Waals surface area contributed by atoms with E-state index in [0.29, 0.717) is 6.04 Å². The number of fused-ring (bicyclic) bond motifs is 4. The first kappa shape index (κ1) is 20.4. The summed E-state index contributed by atoms with van der Waals surface area (Å²) in [5.41, 5.74) is 6.35. The van der Waals surface area contributed by atoms with Gasteiger partial charge in [-0.15, -0.1) is 0 Å². The SMILES string of the molecule is CC(CCNc1cccc2nc3ccccc3cc12)Nc1cccc2nc3ccccc3cc12. The lowest BCUT2D eigenvalue weighted by Crippen LogP contribution is -2.19. The van der Waals surface area contributed by atoms with Gasteiger partial charge in [0.25, 0.3) is 0 Å². The van der Waals surface area contributed by atoms with E-state index in [-0.39, 0.29) is 0 Å². The van der Waals surface area contributed by atoms with E-state index in [1.54, 1.807) is 0 Å². The van der Waals surface area contributed by atoms with Gasteiger partial charge in [-0.1, -0.05) is 48.5 Å². The van der Waals surface area contributed by atoms with E-state index in [2.05, 4.69) is 102 Å². The van der Waals surface area contributed by atoms with E-state index in [1.165, 1.54) is 0 Å². The Kier molecular flexibility index (Phi) is 5.19. The average Bonchev–Trinajstić information content (AvgIpc) is 2.87. The lowest BCUT2D eigenvalue weighted by molar-refractivity contribution is 0.735. The fourth-order valence-corrected chi connectivity index (χ4v) is 4.64. The Morgan fingerprint density at radius 1 is 0.618 bits per heavy atom. The molecule has 0 fully saturated rings. The molecule has 0 radical (unpaired) electrons. The number of benzene rings is 4. The molecule has 0 bridgehead atoms. The quantitative estimate of drug-likeness (QED) is 0.264. The van der Waals surface area contributed by atoms with E-state index in [0.717, 1.165) is 68.0 Å². The van der Waals surface area contributed by atoms with Crippen LogP contribution in [0.5, 0.6) is 0 Å². The number of nitrogens with one attached hydrogen (secondary N) is 2. The normalized spacial score (nSPS) is 12.4. The van der Waals surface area contributed by atoms with E-state index in [9.17, 15) is 0 Å². The monoisotopic (exact) mass is 442 g/mol. The highest BCUT2D eigenvalue weighted by Crippen LogP contribution is 2.28. The molecule has 1 unspecified atom stereocenters. The van der Waals surface area contributed by atoms with Crippen molar-refractivity contribution in [3.05, 3.63) is 97.1 Å². The maximum absolute atomic E-state index is 4.84. The predicted octanol–water partition coefficient (Wildman–Crippen LogP) is 7.39. The first-order valence-corrected chi connectivity index (χ1v) is 11.8. The number of para-hydroxylation sites is 2. The summed E-state index contributed by atoms with van der Waals surface area (Å²) < 4.78 is 0. The van der Waals surface area contributed by atoms with E-state index in [1.807, 2.05) is 12.1 Å². The third-order valence-electron chi connectivity index (χ3n) is 6.42. The van der Waals surface area contributed by atoms with Crippen molar-refractivity contribution < 1.29 is 0 Å². The van der Waals surface area contributed by atoms with E-state index < -0.39 is 0 Å². The molecule has 2 N–H and O–H groups in total. The van der Waals surface area contributed by atoms with Crippen molar-refractivity contribution in [2.75, 3.05) is 17.2 Å². The first-order chi connectivity index (χ1) is 16.7. The molecule has 4 heteroatoms. The molecule has 4 aromatic carbocycles. The van der Waals surface area contributed by atoms with Gasteiger partial charge >= 0.3 is 0 Å². The number of rotatable bonds is 6. The molecule has 0 aliphatic heterocycles. The topological polar surface area (TPSA) is 49.8 Å². The second-order valence-corrected chi connectivity index (χ2v) is 8.87. The van der Waals surface area contributed by atoms with Crippen molar-refractivity contribution in [1.82, 2.24) is 9.97 Å². The minimum Gasteiger partial charge on any atom is -0.384 e. The van der Waals surface area contributed by atoms with Gasteiger partial charge in [-0.3, -0.25) is 0 Å². The van der Waals surface area contributed by atoms with Crippen LogP contribution >= 0.6 is 0 Å². The van der Waals surface area contributed by atoms with Gasteiger partial charge in [-0.05, 0) is 61.9 Å². The number of pyridine rings is 2. The van der Waals surface area contributed by atoms with Gasteiger partial charge in [0, 0.05) is 45.5 Å². The highest BCUT2D eigenvalue weighted by Gasteiger charge is 2.09. The van der Waals surface area contributed by atoms with Gasteiger partial charge in [0.1, 0.15) is 0 Å². The van der Waals surface area contributed by atoms with Crippen LogP contribution < -0.4 is 10.6 Å². The summed E-state index contributed by atoms with van der Waals surface area (Å²) in [4.78, 5) is 9.67. The van der Waals surface area contributed by atoms with Crippen LogP contribution in [0.3, 0.4) is 0 Å². The van der Waals surface area contributed by atoms with Gasteiger partial charge < -0.3 is 10.6 Å². The van der Waals surface area contributed by atoms with E-state index in [4.69, 9.17) is 9.97 Å². The molecule has 2 aromatic heterocycles. The Morgan fingerprint density at radius 2 is 1.15 bits per heavy atom. The van der Waals surface area contributed by atoms with Crippen molar-refractivity contribution in [3.63, 3.8) is 0 Å². The third kappa shape index (κ3) is 3.88. The smallest absolute Gasteiger partial charge is 0.0730 e. The van der Waals surface area contributed by atoms with Gasteiger partial charge in [0.2, 0.25) is 0 Å². The minimum atomic E-state index is 0.304. The van der Waals surface area contributed by atoms with Crippen molar-refractivity contribution in [3.8, 4) is 0 Å². The van der Waals surface area contributed by atoms with Crippen LogP contribution in [0.15, 0.2) is 97.1 Å². The Bertz CT molecular complexity index is 1640. The minimum absolute atomic E-state index is 0.304. The molecule has 6 aromatic rings. The Morgan fingerprint density at radius 3 is 1.79 bits per heavy atom. The van der Waals surface area contributed by atoms with E-state index >= 15 is 0 Å². The second kappa shape index (κ2) is 8.64. The fraction of sp³-hybridized carbons (Fsp3) is 0.133. The maximum Gasteiger partial charge on any atom is 0.0730 e. The standard InChI is InChI=1S/C30H26N4/c1-20(32-28-13-7-15-30-24(28)19-22-9-3-5-11-26(22)34-30)16-17-31-27-12-6-14-29-23(27)18-21-8-2-4-10-25(21)33-29/h2-15,18-20,31-32H,16-17H2,1H3. The molecule has 0 amide bonds. The van der Waals surface area contributed by atoms with Crippen LogP contribution in [0.25, 0.3) is 43.6 Å². The first-order valence-electron chi connectivity index (χ1n) is 11.8. The van der Waals surface area contributed by atoms with Crippen molar-refractivity contribution in [2.45, 2.75) is 19.4 Å². The fourth-order valence-electron chi connectivity index (χ4n) is 4.64. The van der Waals surface area contributed by atoms with Crippen LogP contribution in [0.4, 0.5) is 11.4 Å². The molecule has 0 aliphatic rings. The van der Waals surface area contributed by atoms with Crippen LogP contribution in [-0.4, -0.2) is 22.6 Å². The average molecular weight is 443 g/mol. The molecule has 0 saturated carbocycles. The summed E-state index contributed by atoms with van der Waals surface area (Å²) in [5.74, 6) is 0. The number of hydrogen-bond donors (Lipinski definition) is 2. The van der Waals surface area contributed by atoms with Gasteiger partial charge in [-0.25, -0.2) is 9.97 Å². The number of aromatic nitrogens is 2. The van der Waals surface area contributed by atoms with Crippen LogP contribution in [0, 0.1) is 0 Å². The zero-order valence-electron chi connectivity index (χ0n) is 19.1. The Balaban J connectivity index is 1.18. The molecule has 0 aliphatic carbocycles. The van der Waals surface area contributed by atoms with Gasteiger partial charge in [0.05, 0.1) is 22.1 Å². The van der Waals surface area contributed by atoms with Gasteiger partial charge in [0.15, 0.2) is 0 Å². The molecule has 34 heavy (non-hydrogen) atoms. The molecule has 166 valence electrons. The number of anilines is 2. The lowest BCUT2D eigenvalue weighted by atomic mass is 10.1. The Hall–Kier alpha value is -4.18. The second-order valence-electron chi connectivity index (χ2n) is 8.87. The zero-order chi connectivity index (χ0) is 22.9. The number of nitrogens with zero attached hydrogens (tertiary/aromatic N) is 2. The summed E-state index contributed by atoms with van der Waals surface area (Å²) in [6.07, 6.45) is 0.981. The third-order valence-corrected chi connectivity index (χ3v) is 6.42. The lowest BCUT2D eigenvalue weighted by Gasteiger charge is -2.18. The van der Waals surface area contributed by atoms with Gasteiger partial charge in [-0.2, -0.15) is 0 Å². The molecule has 6 rings (SSSR count). The summed E-state index contributed by atoms with van der Waals surface area (Å²) in [5, 5.41) is 12.0. The van der Waals surface area contributed by atoms with Crippen LogP contribution in [-0.2, 0) is 0 Å². The molecular formula is C30H26N4. The highest BCUT2D eigenvalue weighted by molar-refractivity contribution is 6.00. The molecule has 4 nitrogen and oxygen atoms in total. The predicted molar refractivity (Wildman–Crippen MR) is 145 cm³/mol. The molecule has 0 saturated heterocycles. The summed E-state index contributed by atoms with van der Waals surface area (Å²) in [6.45, 7) is 3.10. The summed E-state index contributed by atoms with van der Waals surface area (Å²) in [7, 11) is 0. The molecule has 0 spiro atoms. The maximum atomic E-state index is 4.84. The zero-order valence-corrected chi connectivity index (χ0v) is 19.1. The molecular weight excluding hydrogens is 416 g/mol. The summed E-state index contributed by atoms with van der Waals surface area (Å²) in [6, 6.07) is 33.9. The highest BCUT2D eigenvalue weighted by atomic mass is 14.9. The van der Waals surface area contributed by atoms with Crippen molar-refractivity contribution in [1.29, 1.82) is 0 Å². The van der Waals surface area contributed by atoms with Crippen LogP contribution in [0.1, 0.15) is 13.3 Å². The van der Waals surface area contributed by atoms with Crippen molar-refractivity contribution in [2.24, 2.45) is 0 Å². The number of hydrogen-bond acceptors (Lipinski definition) is 4.